The van der Waals surface area contributed by atoms with Gasteiger partial charge >= 0.3 is 0 Å². The van der Waals surface area contributed by atoms with Gasteiger partial charge in [0.15, 0.2) is 0 Å². The van der Waals surface area contributed by atoms with Crippen LogP contribution in [0.5, 0.6) is 5.75 Å². The Bertz CT molecular complexity index is 892. The number of hydrogen-bond donors (Lipinski definition) is 0. The van der Waals surface area contributed by atoms with Crippen LogP contribution in [0.15, 0.2) is 54.9 Å². The number of carbonyl (C=O) groups is 1. The Labute approximate surface area is 156 Å². The van der Waals surface area contributed by atoms with Gasteiger partial charge in [0.1, 0.15) is 11.9 Å². The third kappa shape index (κ3) is 2.76. The Balaban J connectivity index is 1.34. The zero-order valence-corrected chi connectivity index (χ0v) is 15.2. The number of thiophene rings is 1. The van der Waals surface area contributed by atoms with Gasteiger partial charge in [0.2, 0.25) is 0 Å². The summed E-state index contributed by atoms with van der Waals surface area (Å²) in [5.74, 6) is 1.01. The summed E-state index contributed by atoms with van der Waals surface area (Å²) in [6, 6.07) is 14.7. The van der Waals surface area contributed by atoms with Crippen LogP contribution in [0.4, 0.5) is 0 Å². The molecule has 4 heterocycles. The number of amides is 1. The van der Waals surface area contributed by atoms with E-state index < -0.39 is 0 Å². The number of ether oxygens (including phenoxy) is 1. The van der Waals surface area contributed by atoms with Crippen LogP contribution in [0, 0.1) is 0 Å². The molecule has 0 radical (unpaired) electrons. The van der Waals surface area contributed by atoms with Crippen molar-refractivity contribution in [1.29, 1.82) is 0 Å². The Hall–Kier alpha value is -2.40. The van der Waals surface area contributed by atoms with Crippen molar-refractivity contribution in [3.63, 3.8) is 0 Å². The highest BCUT2D eigenvalue weighted by atomic mass is 32.1. The van der Waals surface area contributed by atoms with E-state index in [1.54, 1.807) is 23.7 Å². The fraction of sp³-hybridized carbons (Fsp3) is 0.333. The molecule has 5 rings (SSSR count). The zero-order chi connectivity index (χ0) is 17.5. The zero-order valence-electron chi connectivity index (χ0n) is 14.4. The summed E-state index contributed by atoms with van der Waals surface area (Å²) in [6.07, 6.45) is 7.65. The van der Waals surface area contributed by atoms with E-state index in [2.05, 4.69) is 22.0 Å². The molecule has 2 unspecified atom stereocenters. The molecule has 4 nitrogen and oxygen atoms in total. The summed E-state index contributed by atoms with van der Waals surface area (Å²) in [6.45, 7) is 0. The van der Waals surface area contributed by atoms with Gasteiger partial charge in [-0.1, -0.05) is 18.2 Å². The van der Waals surface area contributed by atoms with E-state index >= 15 is 0 Å². The number of fused-ring (bicyclic) bond motifs is 3. The van der Waals surface area contributed by atoms with Crippen molar-refractivity contribution in [2.24, 2.45) is 0 Å². The third-order valence-corrected chi connectivity index (χ3v) is 6.60. The molecule has 0 spiro atoms. The van der Waals surface area contributed by atoms with Crippen LogP contribution in [-0.2, 0) is 0 Å². The molecule has 5 heteroatoms. The first-order valence-corrected chi connectivity index (χ1v) is 9.97. The van der Waals surface area contributed by atoms with Gasteiger partial charge in [-0.3, -0.25) is 9.78 Å². The minimum Gasteiger partial charge on any atom is -0.489 e. The summed E-state index contributed by atoms with van der Waals surface area (Å²) in [5.41, 5.74) is 0. The number of pyridine rings is 1. The van der Waals surface area contributed by atoms with Crippen molar-refractivity contribution in [3.8, 4) is 5.75 Å². The second kappa shape index (κ2) is 6.40. The molecule has 2 bridgehead atoms. The molecule has 2 atom stereocenters. The lowest BCUT2D eigenvalue weighted by Crippen LogP contribution is -2.49. The minimum atomic E-state index is 0.170. The minimum absolute atomic E-state index is 0.170. The average Bonchev–Trinajstić information content (AvgIpc) is 3.21. The molecule has 3 aromatic rings. The lowest BCUT2D eigenvalue weighted by Gasteiger charge is -2.38. The standard InChI is InChI=1S/C21H20N2O2S/c24-21(20-10-14-4-1-2-6-19(14)26-20)23-15-7-8-16(23)12-18(11-15)25-17-5-3-9-22-13-17/h1-6,9-10,13,15-16,18H,7-8,11-12H2. The number of carbonyl (C=O) groups excluding carboxylic acids is 1. The SMILES string of the molecule is O=C(c1cc2ccccc2s1)N1C2CCC1CC(Oc1cccnc1)C2. The van der Waals surface area contributed by atoms with E-state index in [1.165, 1.54) is 4.70 Å². The lowest BCUT2D eigenvalue weighted by molar-refractivity contribution is 0.0362. The van der Waals surface area contributed by atoms with E-state index in [9.17, 15) is 4.79 Å². The summed E-state index contributed by atoms with van der Waals surface area (Å²) in [5, 5.41) is 1.16. The molecule has 1 amide bonds. The number of hydrogen-bond acceptors (Lipinski definition) is 4. The number of piperidine rings is 1. The molecule has 1 aromatic carbocycles. The smallest absolute Gasteiger partial charge is 0.264 e. The summed E-state index contributed by atoms with van der Waals surface area (Å²) < 4.78 is 7.30. The van der Waals surface area contributed by atoms with Crippen LogP contribution in [0.25, 0.3) is 10.1 Å². The number of rotatable bonds is 3. The van der Waals surface area contributed by atoms with Gasteiger partial charge in [-0.2, -0.15) is 0 Å². The van der Waals surface area contributed by atoms with Gasteiger partial charge in [-0.05, 0) is 42.5 Å². The Morgan fingerprint density at radius 3 is 2.65 bits per heavy atom. The first-order valence-electron chi connectivity index (χ1n) is 9.16. The van der Waals surface area contributed by atoms with Crippen molar-refractivity contribution in [2.75, 3.05) is 0 Å². The van der Waals surface area contributed by atoms with E-state index in [-0.39, 0.29) is 24.1 Å². The van der Waals surface area contributed by atoms with Gasteiger partial charge in [0.25, 0.3) is 5.91 Å². The summed E-state index contributed by atoms with van der Waals surface area (Å²) in [4.78, 5) is 20.3. The first kappa shape index (κ1) is 15.8. The van der Waals surface area contributed by atoms with Crippen LogP contribution < -0.4 is 4.74 Å². The van der Waals surface area contributed by atoms with E-state index in [0.29, 0.717) is 0 Å². The quantitative estimate of drug-likeness (QED) is 0.687. The number of benzene rings is 1. The lowest BCUT2D eigenvalue weighted by atomic mass is 9.99. The van der Waals surface area contributed by atoms with Crippen molar-refractivity contribution < 1.29 is 9.53 Å². The van der Waals surface area contributed by atoms with Crippen molar-refractivity contribution >= 4 is 27.3 Å². The molecule has 0 saturated carbocycles. The first-order chi connectivity index (χ1) is 12.8. The van der Waals surface area contributed by atoms with Crippen molar-refractivity contribution in [3.05, 3.63) is 59.7 Å². The van der Waals surface area contributed by atoms with Crippen molar-refractivity contribution in [2.45, 2.75) is 43.9 Å². The topological polar surface area (TPSA) is 42.4 Å². The highest BCUT2D eigenvalue weighted by Gasteiger charge is 2.44. The van der Waals surface area contributed by atoms with Crippen LogP contribution in [0.3, 0.4) is 0 Å². The average molecular weight is 364 g/mol. The molecule has 2 aromatic heterocycles. The molecule has 2 aliphatic rings. The molecular formula is C21H20N2O2S. The monoisotopic (exact) mass is 364 g/mol. The Morgan fingerprint density at radius 2 is 1.92 bits per heavy atom. The van der Waals surface area contributed by atoms with E-state index in [1.807, 2.05) is 30.3 Å². The van der Waals surface area contributed by atoms with Crippen LogP contribution in [0.1, 0.15) is 35.4 Å². The van der Waals surface area contributed by atoms with Gasteiger partial charge in [-0.15, -0.1) is 11.3 Å². The predicted molar refractivity (Wildman–Crippen MR) is 103 cm³/mol. The van der Waals surface area contributed by atoms with Crippen LogP contribution in [0.2, 0.25) is 0 Å². The molecule has 0 N–H and O–H groups in total. The number of aromatic nitrogens is 1. The molecule has 2 fully saturated rings. The van der Waals surface area contributed by atoms with Crippen LogP contribution >= 0.6 is 11.3 Å². The third-order valence-electron chi connectivity index (χ3n) is 5.50. The highest BCUT2D eigenvalue weighted by molar-refractivity contribution is 7.20. The molecule has 0 aliphatic carbocycles. The Morgan fingerprint density at radius 1 is 1.12 bits per heavy atom. The fourth-order valence-corrected chi connectivity index (χ4v) is 5.39. The summed E-state index contributed by atoms with van der Waals surface area (Å²) in [7, 11) is 0. The Kier molecular flexibility index (Phi) is 3.89. The maximum atomic E-state index is 13.2. The van der Waals surface area contributed by atoms with E-state index in [0.717, 1.165) is 41.7 Å². The largest absolute Gasteiger partial charge is 0.489 e. The summed E-state index contributed by atoms with van der Waals surface area (Å²) >= 11 is 1.60. The second-order valence-electron chi connectivity index (χ2n) is 7.15. The maximum Gasteiger partial charge on any atom is 0.264 e. The molecule has 132 valence electrons. The normalized spacial score (nSPS) is 24.8. The van der Waals surface area contributed by atoms with Crippen molar-refractivity contribution in [1.82, 2.24) is 9.88 Å². The second-order valence-corrected chi connectivity index (χ2v) is 8.23. The highest BCUT2D eigenvalue weighted by Crippen LogP contribution is 2.39. The molecule has 2 saturated heterocycles. The molecule has 26 heavy (non-hydrogen) atoms. The van der Waals surface area contributed by atoms with Crippen LogP contribution in [-0.4, -0.2) is 34.0 Å². The van der Waals surface area contributed by atoms with E-state index in [4.69, 9.17) is 4.74 Å². The van der Waals surface area contributed by atoms with Gasteiger partial charge in [0.05, 0.1) is 11.1 Å². The molecular weight excluding hydrogens is 344 g/mol. The van der Waals surface area contributed by atoms with Gasteiger partial charge in [0, 0.05) is 35.8 Å². The van der Waals surface area contributed by atoms with Gasteiger partial charge in [-0.25, -0.2) is 0 Å². The molecule has 2 aliphatic heterocycles. The fourth-order valence-electron chi connectivity index (χ4n) is 4.38. The maximum absolute atomic E-state index is 13.2. The number of nitrogens with zero attached hydrogens (tertiary/aromatic N) is 2. The predicted octanol–water partition coefficient (Wildman–Crippen LogP) is 4.51. The van der Waals surface area contributed by atoms with Gasteiger partial charge < -0.3 is 9.64 Å².